The van der Waals surface area contributed by atoms with Gasteiger partial charge in [-0.3, -0.25) is 9.59 Å². The highest BCUT2D eigenvalue weighted by Crippen LogP contribution is 2.71. The number of Topliss-reactive ketones (excluding diaryl/α,β-unsaturated/α-hetero) is 1. The Bertz CT molecular complexity index is 975. The molecule has 4 aliphatic carbocycles. The first kappa shape index (κ1) is 26.6. The maximum absolute atomic E-state index is 13.9. The second-order valence-corrected chi connectivity index (χ2v) is 13.4. The second kappa shape index (κ2) is 8.55. The van der Waals surface area contributed by atoms with Crippen molar-refractivity contribution >= 4 is 11.8 Å². The number of carbonyl (C=O) groups excluding carboxylic acids is 1. The molecule has 9 atom stereocenters. The molecule has 0 saturated heterocycles. The van der Waals surface area contributed by atoms with Crippen LogP contribution in [0.4, 0.5) is 0 Å². The molecule has 35 heavy (non-hydrogen) atoms. The van der Waals surface area contributed by atoms with Crippen LogP contribution < -0.4 is 0 Å². The van der Waals surface area contributed by atoms with E-state index < -0.39 is 34.9 Å². The lowest BCUT2D eigenvalue weighted by atomic mass is 9.42. The smallest absolute Gasteiger partial charge is 0.312 e. The average molecular weight is 487 g/mol. The molecule has 0 aromatic heterocycles. The van der Waals surface area contributed by atoms with Crippen molar-refractivity contribution < 1.29 is 24.9 Å². The van der Waals surface area contributed by atoms with Gasteiger partial charge in [-0.05, 0) is 82.5 Å². The van der Waals surface area contributed by atoms with E-state index in [9.17, 15) is 24.9 Å². The van der Waals surface area contributed by atoms with Crippen molar-refractivity contribution in [3.05, 3.63) is 22.8 Å². The normalized spacial score (nSPS) is 45.9. The summed E-state index contributed by atoms with van der Waals surface area (Å²) in [7, 11) is 0. The summed E-state index contributed by atoms with van der Waals surface area (Å²) in [6, 6.07) is 0. The first-order valence-corrected chi connectivity index (χ1v) is 13.7. The summed E-state index contributed by atoms with van der Waals surface area (Å²) in [5, 5.41) is 32.3. The summed E-state index contributed by atoms with van der Waals surface area (Å²) < 4.78 is 0. The van der Waals surface area contributed by atoms with Crippen LogP contribution in [-0.2, 0) is 9.59 Å². The summed E-state index contributed by atoms with van der Waals surface area (Å²) in [6.45, 7) is 14.9. The number of carbonyl (C=O) groups is 2. The Hall–Kier alpha value is -1.46. The fourth-order valence-corrected chi connectivity index (χ4v) is 9.14. The third kappa shape index (κ3) is 3.47. The summed E-state index contributed by atoms with van der Waals surface area (Å²) in [5.41, 5.74) is 0.706. The molecule has 4 rings (SSSR count). The highest BCUT2D eigenvalue weighted by Gasteiger charge is 2.69. The molecule has 2 unspecified atom stereocenters. The lowest BCUT2D eigenvalue weighted by Crippen LogP contribution is -2.64. The Labute approximate surface area is 211 Å². The molecule has 0 bridgehead atoms. The van der Waals surface area contributed by atoms with Crippen LogP contribution in [-0.4, -0.2) is 39.3 Å². The molecule has 0 radical (unpaired) electrons. The zero-order chi connectivity index (χ0) is 26.1. The number of fused-ring (bicyclic) bond motifs is 4. The minimum Gasteiger partial charge on any atom is -0.481 e. The average Bonchev–Trinajstić information content (AvgIpc) is 3.04. The number of carboxylic acid groups (broad SMARTS) is 1. The van der Waals surface area contributed by atoms with Crippen molar-refractivity contribution in [2.75, 3.05) is 0 Å². The van der Waals surface area contributed by atoms with E-state index in [1.54, 1.807) is 6.92 Å². The van der Waals surface area contributed by atoms with Gasteiger partial charge in [0.25, 0.3) is 0 Å². The predicted octanol–water partition coefficient (Wildman–Crippen LogP) is 5.69. The molecular weight excluding hydrogens is 440 g/mol. The highest BCUT2D eigenvalue weighted by molar-refractivity contribution is 6.00. The Kier molecular flexibility index (Phi) is 6.50. The number of hydrogen-bond donors (Lipinski definition) is 3. The molecule has 3 N–H and O–H groups in total. The van der Waals surface area contributed by atoms with Crippen molar-refractivity contribution in [1.29, 1.82) is 0 Å². The number of aliphatic hydroxyl groups excluding tert-OH is 2. The second-order valence-electron chi connectivity index (χ2n) is 13.4. The first-order valence-electron chi connectivity index (χ1n) is 13.7. The van der Waals surface area contributed by atoms with Crippen molar-refractivity contribution in [2.45, 2.75) is 112 Å². The molecule has 4 aliphatic rings. The summed E-state index contributed by atoms with van der Waals surface area (Å²) in [4.78, 5) is 26.4. The molecule has 2 saturated carbocycles. The van der Waals surface area contributed by atoms with E-state index in [0.29, 0.717) is 11.8 Å². The van der Waals surface area contributed by atoms with Crippen LogP contribution >= 0.6 is 0 Å². The van der Waals surface area contributed by atoms with Gasteiger partial charge in [-0.25, -0.2) is 0 Å². The van der Waals surface area contributed by atoms with E-state index >= 15 is 0 Å². The van der Waals surface area contributed by atoms with Gasteiger partial charge in [0.15, 0.2) is 5.78 Å². The monoisotopic (exact) mass is 486 g/mol. The molecule has 0 heterocycles. The van der Waals surface area contributed by atoms with Crippen LogP contribution in [0.1, 0.15) is 99.8 Å². The fraction of sp³-hybridized carbons (Fsp3) is 0.800. The number of ketones is 1. The maximum atomic E-state index is 13.9. The number of carboxylic acids is 1. The lowest BCUT2D eigenvalue weighted by molar-refractivity contribution is -0.192. The minimum atomic E-state index is -1.46. The summed E-state index contributed by atoms with van der Waals surface area (Å²) in [5.74, 6) is -0.559. The standard InChI is InChI=1S/C30H46O5/c1-17(2)9-8-10-18(3)19-11-14-28(5)25-20(12-13-27(19,28)4)29(6)22(15-21(25)31)30(7,26(34)35)24(33)16-23(29)32/h9,18-19,22-24,32-33H,8,10-16H2,1-7H3,(H,34,35)/t18?,19-,22-,23-,24+,27-,28+,29-,30?/m1/s1. The Morgan fingerprint density at radius 3 is 2.37 bits per heavy atom. The van der Waals surface area contributed by atoms with Crippen molar-refractivity contribution in [3.63, 3.8) is 0 Å². The number of hydrogen-bond acceptors (Lipinski definition) is 4. The van der Waals surface area contributed by atoms with Gasteiger partial charge < -0.3 is 15.3 Å². The zero-order valence-corrected chi connectivity index (χ0v) is 22.8. The number of aliphatic hydroxyl groups is 2. The molecule has 0 spiro atoms. The molecular formula is C30H46O5. The van der Waals surface area contributed by atoms with Gasteiger partial charge in [-0.2, -0.15) is 0 Å². The van der Waals surface area contributed by atoms with E-state index in [0.717, 1.165) is 49.7 Å². The highest BCUT2D eigenvalue weighted by atomic mass is 16.4. The maximum Gasteiger partial charge on any atom is 0.312 e. The van der Waals surface area contributed by atoms with E-state index in [2.05, 4.69) is 40.7 Å². The van der Waals surface area contributed by atoms with Crippen LogP contribution in [0.5, 0.6) is 0 Å². The van der Waals surface area contributed by atoms with Crippen molar-refractivity contribution in [3.8, 4) is 0 Å². The molecule has 0 aromatic rings. The van der Waals surface area contributed by atoms with Gasteiger partial charge >= 0.3 is 5.97 Å². The Morgan fingerprint density at radius 2 is 1.77 bits per heavy atom. The predicted molar refractivity (Wildman–Crippen MR) is 137 cm³/mol. The van der Waals surface area contributed by atoms with Gasteiger partial charge in [0.1, 0.15) is 0 Å². The van der Waals surface area contributed by atoms with Gasteiger partial charge in [-0.1, -0.05) is 44.9 Å². The van der Waals surface area contributed by atoms with Gasteiger partial charge in [0.05, 0.1) is 17.6 Å². The Balaban J connectivity index is 1.77. The fourth-order valence-electron chi connectivity index (χ4n) is 9.14. The third-order valence-corrected chi connectivity index (χ3v) is 11.7. The van der Waals surface area contributed by atoms with E-state index in [1.165, 1.54) is 5.57 Å². The number of aliphatic carboxylic acids is 1. The largest absolute Gasteiger partial charge is 0.481 e. The van der Waals surface area contributed by atoms with E-state index in [-0.39, 0.29) is 29.5 Å². The van der Waals surface area contributed by atoms with Gasteiger partial charge in [-0.15, -0.1) is 0 Å². The molecule has 2 fully saturated rings. The molecule has 0 amide bonds. The van der Waals surface area contributed by atoms with Crippen LogP contribution in [0.15, 0.2) is 22.8 Å². The number of allylic oxidation sites excluding steroid dienone is 3. The van der Waals surface area contributed by atoms with Crippen molar-refractivity contribution in [1.82, 2.24) is 0 Å². The third-order valence-electron chi connectivity index (χ3n) is 11.7. The van der Waals surface area contributed by atoms with Crippen LogP contribution in [0.25, 0.3) is 0 Å². The van der Waals surface area contributed by atoms with Gasteiger partial charge in [0.2, 0.25) is 0 Å². The lowest BCUT2D eigenvalue weighted by Gasteiger charge is -2.62. The molecule has 5 nitrogen and oxygen atoms in total. The SMILES string of the molecule is CC(C)=CCCC(C)[C@H]1CC[C@@]2(C)C3=C(CC[C@]12C)[C@@]1(C)[C@H](O)C[C@H](O)C(C)(C(=O)O)[C@@H]1CC3=O. The van der Waals surface area contributed by atoms with E-state index in [1.807, 2.05) is 6.92 Å². The van der Waals surface area contributed by atoms with Crippen LogP contribution in [0.2, 0.25) is 0 Å². The Morgan fingerprint density at radius 1 is 1.11 bits per heavy atom. The molecule has 0 aliphatic heterocycles. The van der Waals surface area contributed by atoms with Crippen molar-refractivity contribution in [2.24, 2.45) is 39.4 Å². The number of rotatable bonds is 5. The molecule has 0 aromatic carbocycles. The molecule has 196 valence electrons. The van der Waals surface area contributed by atoms with E-state index in [4.69, 9.17) is 0 Å². The van der Waals surface area contributed by atoms with Crippen LogP contribution in [0, 0.1) is 39.4 Å². The summed E-state index contributed by atoms with van der Waals surface area (Å²) >= 11 is 0. The topological polar surface area (TPSA) is 94.8 Å². The summed E-state index contributed by atoms with van der Waals surface area (Å²) in [6.07, 6.45) is 6.36. The first-order chi connectivity index (χ1) is 16.2. The van der Waals surface area contributed by atoms with Crippen LogP contribution in [0.3, 0.4) is 0 Å². The minimum absolute atomic E-state index is 0.00428. The van der Waals surface area contributed by atoms with Gasteiger partial charge in [0, 0.05) is 29.2 Å². The molecule has 5 heteroatoms. The zero-order valence-electron chi connectivity index (χ0n) is 22.8. The quantitative estimate of drug-likeness (QED) is 0.434.